The van der Waals surface area contributed by atoms with Gasteiger partial charge in [0.05, 0.1) is 12.1 Å². The Morgan fingerprint density at radius 1 is 1.12 bits per heavy atom. The average Bonchev–Trinajstić information content (AvgIpc) is 2.29. The van der Waals surface area contributed by atoms with E-state index in [1.165, 1.54) is 6.07 Å². The van der Waals surface area contributed by atoms with Gasteiger partial charge in [-0.1, -0.05) is 6.07 Å². The van der Waals surface area contributed by atoms with Gasteiger partial charge in [-0.05, 0) is 26.0 Å². The van der Waals surface area contributed by atoms with Crippen LogP contribution in [0.15, 0.2) is 18.2 Å². The molecule has 0 bridgehead atoms. The Morgan fingerprint density at radius 2 is 1.59 bits per heavy atom. The monoisotopic (exact) mass is 245 g/mol. The zero-order chi connectivity index (χ0) is 12.9. The van der Waals surface area contributed by atoms with Crippen LogP contribution in [-0.4, -0.2) is 19.8 Å². The smallest absolute Gasteiger partial charge is 0.213 e. The van der Waals surface area contributed by atoms with Crippen LogP contribution in [0.3, 0.4) is 0 Å². The lowest BCUT2D eigenvalue weighted by Gasteiger charge is -2.32. The first kappa shape index (κ1) is 14.0. The fourth-order valence-electron chi connectivity index (χ4n) is 1.73. The van der Waals surface area contributed by atoms with Gasteiger partial charge in [0.15, 0.2) is 0 Å². The van der Waals surface area contributed by atoms with E-state index in [0.29, 0.717) is 0 Å². The molecule has 0 amide bonds. The molecule has 0 unspecified atom stereocenters. The summed E-state index contributed by atoms with van der Waals surface area (Å²) in [6, 6.07) is 3.59. The van der Waals surface area contributed by atoms with E-state index in [1.54, 1.807) is 13.8 Å². The summed E-state index contributed by atoms with van der Waals surface area (Å²) in [7, 11) is 0. The Morgan fingerprint density at radius 3 is 1.94 bits per heavy atom. The standard InChI is InChI=1S/C12H17F2NO2/c1-3-16-12(8-15,17-4-2)11-9(13)6-5-7-10(11)14/h5-7H,3-4,8,15H2,1-2H3. The molecule has 96 valence electrons. The van der Waals surface area contributed by atoms with Crippen LogP contribution in [-0.2, 0) is 15.3 Å². The van der Waals surface area contributed by atoms with E-state index < -0.39 is 17.4 Å². The SMILES string of the molecule is CCOC(CN)(OCC)c1c(F)cccc1F. The van der Waals surface area contributed by atoms with Crippen molar-refractivity contribution in [3.05, 3.63) is 35.4 Å². The molecule has 17 heavy (non-hydrogen) atoms. The van der Waals surface area contributed by atoms with E-state index in [9.17, 15) is 8.78 Å². The Hall–Kier alpha value is -1.04. The molecular weight excluding hydrogens is 228 g/mol. The molecule has 0 spiro atoms. The van der Waals surface area contributed by atoms with Gasteiger partial charge in [-0.3, -0.25) is 0 Å². The summed E-state index contributed by atoms with van der Waals surface area (Å²) in [4.78, 5) is 0. The van der Waals surface area contributed by atoms with Gasteiger partial charge < -0.3 is 15.2 Å². The van der Waals surface area contributed by atoms with Gasteiger partial charge in [0, 0.05) is 13.2 Å². The molecule has 2 N–H and O–H groups in total. The molecule has 0 atom stereocenters. The second-order valence-electron chi connectivity index (χ2n) is 3.42. The predicted molar refractivity (Wildman–Crippen MR) is 60.3 cm³/mol. The minimum atomic E-state index is -1.56. The van der Waals surface area contributed by atoms with E-state index in [0.717, 1.165) is 12.1 Å². The van der Waals surface area contributed by atoms with Crippen LogP contribution in [0.1, 0.15) is 19.4 Å². The highest BCUT2D eigenvalue weighted by molar-refractivity contribution is 5.25. The highest BCUT2D eigenvalue weighted by Gasteiger charge is 2.37. The van der Waals surface area contributed by atoms with Gasteiger partial charge in [0.25, 0.3) is 0 Å². The molecule has 0 fully saturated rings. The molecule has 0 aliphatic carbocycles. The summed E-state index contributed by atoms with van der Waals surface area (Å²) >= 11 is 0. The van der Waals surface area contributed by atoms with E-state index in [1.807, 2.05) is 0 Å². The van der Waals surface area contributed by atoms with Crippen LogP contribution in [0.2, 0.25) is 0 Å². The van der Waals surface area contributed by atoms with Crippen molar-refractivity contribution in [1.29, 1.82) is 0 Å². The molecule has 0 heterocycles. The summed E-state index contributed by atoms with van der Waals surface area (Å²) in [5.74, 6) is -3.01. The second kappa shape index (κ2) is 6.05. The first-order chi connectivity index (χ1) is 8.11. The van der Waals surface area contributed by atoms with Gasteiger partial charge in [-0.15, -0.1) is 0 Å². The van der Waals surface area contributed by atoms with E-state index >= 15 is 0 Å². The number of hydrogen-bond donors (Lipinski definition) is 1. The molecule has 3 nitrogen and oxygen atoms in total. The molecule has 0 saturated carbocycles. The van der Waals surface area contributed by atoms with Crippen molar-refractivity contribution < 1.29 is 18.3 Å². The van der Waals surface area contributed by atoms with Gasteiger partial charge >= 0.3 is 0 Å². The molecule has 1 aromatic rings. The average molecular weight is 245 g/mol. The van der Waals surface area contributed by atoms with Crippen LogP contribution in [0.25, 0.3) is 0 Å². The molecular formula is C12H17F2NO2. The maximum Gasteiger partial charge on any atom is 0.213 e. The zero-order valence-electron chi connectivity index (χ0n) is 10.0. The largest absolute Gasteiger partial charge is 0.345 e. The normalized spacial score (nSPS) is 11.8. The quantitative estimate of drug-likeness (QED) is 0.781. The Bertz CT molecular complexity index is 345. The molecule has 0 aliphatic rings. The van der Waals surface area contributed by atoms with Crippen LogP contribution in [0, 0.1) is 11.6 Å². The maximum atomic E-state index is 13.7. The molecule has 5 heteroatoms. The minimum absolute atomic E-state index is 0.160. The van der Waals surface area contributed by atoms with Crippen molar-refractivity contribution in [3.63, 3.8) is 0 Å². The Kier molecular flexibility index (Phi) is 4.99. The van der Waals surface area contributed by atoms with Crippen molar-refractivity contribution in [2.24, 2.45) is 5.73 Å². The van der Waals surface area contributed by atoms with Crippen molar-refractivity contribution in [2.45, 2.75) is 19.6 Å². The highest BCUT2D eigenvalue weighted by Crippen LogP contribution is 2.30. The number of hydrogen-bond acceptors (Lipinski definition) is 3. The maximum absolute atomic E-state index is 13.7. The molecule has 0 radical (unpaired) electrons. The molecule has 1 aromatic carbocycles. The van der Waals surface area contributed by atoms with Gasteiger partial charge in [0.1, 0.15) is 11.6 Å². The van der Waals surface area contributed by atoms with Crippen LogP contribution >= 0.6 is 0 Å². The molecule has 0 aliphatic heterocycles. The lowest BCUT2D eigenvalue weighted by molar-refractivity contribution is -0.238. The number of benzene rings is 1. The van der Waals surface area contributed by atoms with Crippen molar-refractivity contribution >= 4 is 0 Å². The molecule has 0 aromatic heterocycles. The fraction of sp³-hybridized carbons (Fsp3) is 0.500. The lowest BCUT2D eigenvalue weighted by Crippen LogP contribution is -2.42. The van der Waals surface area contributed by atoms with Gasteiger partial charge in [-0.25, -0.2) is 8.78 Å². The fourth-order valence-corrected chi connectivity index (χ4v) is 1.73. The van der Waals surface area contributed by atoms with E-state index in [4.69, 9.17) is 15.2 Å². The third-order valence-corrected chi connectivity index (χ3v) is 2.37. The van der Waals surface area contributed by atoms with Crippen LogP contribution < -0.4 is 5.73 Å². The summed E-state index contributed by atoms with van der Waals surface area (Å²) in [5, 5.41) is 0. The zero-order valence-corrected chi connectivity index (χ0v) is 10.0. The first-order valence-corrected chi connectivity index (χ1v) is 5.53. The molecule has 0 saturated heterocycles. The minimum Gasteiger partial charge on any atom is -0.345 e. The van der Waals surface area contributed by atoms with Crippen LogP contribution in [0.4, 0.5) is 8.78 Å². The Balaban J connectivity index is 3.29. The van der Waals surface area contributed by atoms with Crippen molar-refractivity contribution in [1.82, 2.24) is 0 Å². The number of nitrogens with two attached hydrogens (primary N) is 1. The van der Waals surface area contributed by atoms with Crippen LogP contribution in [0.5, 0.6) is 0 Å². The van der Waals surface area contributed by atoms with E-state index in [2.05, 4.69) is 0 Å². The lowest BCUT2D eigenvalue weighted by atomic mass is 10.0. The number of ether oxygens (including phenoxy) is 2. The summed E-state index contributed by atoms with van der Waals surface area (Å²) in [6.45, 7) is 3.74. The number of halogens is 2. The number of rotatable bonds is 6. The second-order valence-corrected chi connectivity index (χ2v) is 3.42. The molecule has 1 rings (SSSR count). The Labute approximate surface area is 99.5 Å². The predicted octanol–water partition coefficient (Wildman–Crippen LogP) is 2.15. The third-order valence-electron chi connectivity index (χ3n) is 2.37. The topological polar surface area (TPSA) is 44.5 Å². The van der Waals surface area contributed by atoms with Crippen molar-refractivity contribution in [2.75, 3.05) is 19.8 Å². The highest BCUT2D eigenvalue weighted by atomic mass is 19.1. The summed E-state index contributed by atoms with van der Waals surface area (Å²) < 4.78 is 38.1. The van der Waals surface area contributed by atoms with Gasteiger partial charge in [0.2, 0.25) is 5.79 Å². The van der Waals surface area contributed by atoms with Crippen molar-refractivity contribution in [3.8, 4) is 0 Å². The summed E-state index contributed by atoms with van der Waals surface area (Å²) in [5.41, 5.74) is 5.29. The first-order valence-electron chi connectivity index (χ1n) is 5.53. The third kappa shape index (κ3) is 2.80. The van der Waals surface area contributed by atoms with E-state index in [-0.39, 0.29) is 25.3 Å². The summed E-state index contributed by atoms with van der Waals surface area (Å²) in [6.07, 6.45) is 0. The van der Waals surface area contributed by atoms with Gasteiger partial charge in [-0.2, -0.15) is 0 Å².